The van der Waals surface area contributed by atoms with Gasteiger partial charge < -0.3 is 10.1 Å². The number of esters is 1. The summed E-state index contributed by atoms with van der Waals surface area (Å²) in [6.07, 6.45) is 4.56. The van der Waals surface area contributed by atoms with E-state index < -0.39 is 24.5 Å². The van der Waals surface area contributed by atoms with Crippen LogP contribution in [0.15, 0.2) is 24.3 Å². The normalized spacial score (nSPS) is 14.1. The maximum absolute atomic E-state index is 12.6. The van der Waals surface area contributed by atoms with Crippen molar-refractivity contribution in [2.24, 2.45) is 0 Å². The van der Waals surface area contributed by atoms with Crippen molar-refractivity contribution in [3.8, 4) is 0 Å². The van der Waals surface area contributed by atoms with Gasteiger partial charge in [-0.05, 0) is 37.8 Å². The fourth-order valence-electron chi connectivity index (χ4n) is 3.62. The molecule has 1 aromatic carbocycles. The summed E-state index contributed by atoms with van der Waals surface area (Å²) < 4.78 is 5.16. The molecule has 0 aliphatic heterocycles. The molecule has 0 spiro atoms. The van der Waals surface area contributed by atoms with Crippen molar-refractivity contribution in [3.63, 3.8) is 0 Å². The Labute approximate surface area is 163 Å². The van der Waals surface area contributed by atoms with Crippen LogP contribution >= 0.6 is 0 Å². The number of rotatable bonds is 5. The number of imide groups is 1. The molecule has 28 heavy (non-hydrogen) atoms. The van der Waals surface area contributed by atoms with E-state index in [1.54, 1.807) is 0 Å². The molecule has 1 aromatic heterocycles. The molecule has 1 aliphatic carbocycles. The fourth-order valence-corrected chi connectivity index (χ4v) is 3.62. The van der Waals surface area contributed by atoms with E-state index in [-0.39, 0.29) is 6.04 Å². The second-order valence-electron chi connectivity index (χ2n) is 7.01. The number of nitrogens with one attached hydrogen (secondary N) is 2. The molecule has 0 bridgehead atoms. The average Bonchev–Trinajstić information content (AvgIpc) is 3.18. The van der Waals surface area contributed by atoms with Crippen LogP contribution in [0.5, 0.6) is 0 Å². The van der Waals surface area contributed by atoms with Gasteiger partial charge in [0.05, 0.1) is 16.8 Å². The monoisotopic (exact) mass is 383 g/mol. The lowest BCUT2D eigenvalue weighted by atomic mass is 10.0. The van der Waals surface area contributed by atoms with Crippen molar-refractivity contribution in [3.05, 3.63) is 41.1 Å². The summed E-state index contributed by atoms with van der Waals surface area (Å²) in [5.41, 5.74) is 2.59. The quantitative estimate of drug-likeness (QED) is 0.774. The van der Waals surface area contributed by atoms with Crippen molar-refractivity contribution in [1.82, 2.24) is 15.6 Å². The highest BCUT2D eigenvalue weighted by atomic mass is 16.5. The average molecular weight is 383 g/mol. The van der Waals surface area contributed by atoms with Gasteiger partial charge in [-0.3, -0.25) is 15.1 Å². The number of fused-ring (bicyclic) bond motifs is 1. The van der Waals surface area contributed by atoms with Gasteiger partial charge in [0.15, 0.2) is 6.61 Å². The number of ether oxygens (including phenoxy) is 1. The number of hydrogen-bond acceptors (Lipinski definition) is 5. The van der Waals surface area contributed by atoms with Crippen LogP contribution in [0.25, 0.3) is 10.9 Å². The third-order valence-electron chi connectivity index (χ3n) is 5.04. The predicted molar refractivity (Wildman–Crippen MR) is 105 cm³/mol. The first-order valence-corrected chi connectivity index (χ1v) is 9.65. The van der Waals surface area contributed by atoms with Crippen molar-refractivity contribution < 1.29 is 19.1 Å². The molecule has 0 radical (unpaired) electrons. The smallest absolute Gasteiger partial charge is 0.340 e. The second-order valence-corrected chi connectivity index (χ2v) is 7.01. The number of aromatic nitrogens is 1. The Kier molecular flexibility index (Phi) is 6.23. The van der Waals surface area contributed by atoms with Gasteiger partial charge in [0.1, 0.15) is 0 Å². The molecule has 1 fully saturated rings. The first-order chi connectivity index (χ1) is 13.5. The minimum Gasteiger partial charge on any atom is -0.452 e. The summed E-state index contributed by atoms with van der Waals surface area (Å²) in [5.74, 6) is -1.27. The maximum Gasteiger partial charge on any atom is 0.340 e. The standard InChI is InChI=1S/C21H25N3O4/c1-3-16-19(13(2)15-10-6-7-11-17(15)23-16)20(26)28-12-18(25)24-21(27)22-14-8-4-5-9-14/h6-7,10-11,14H,3-5,8-9,12H2,1-2H3,(H2,22,24,25,27). The number of para-hydroxylation sites is 1. The lowest BCUT2D eigenvalue weighted by molar-refractivity contribution is -0.123. The molecule has 1 saturated carbocycles. The number of amides is 3. The molecule has 2 aromatic rings. The minimum atomic E-state index is -0.659. The third kappa shape index (κ3) is 4.47. The summed E-state index contributed by atoms with van der Waals surface area (Å²) in [4.78, 5) is 40.9. The highest BCUT2D eigenvalue weighted by molar-refractivity contribution is 6.00. The van der Waals surface area contributed by atoms with Crippen LogP contribution in [0.4, 0.5) is 4.79 Å². The zero-order valence-corrected chi connectivity index (χ0v) is 16.2. The zero-order chi connectivity index (χ0) is 20.1. The molecule has 2 N–H and O–H groups in total. The van der Waals surface area contributed by atoms with E-state index in [1.165, 1.54) is 0 Å². The van der Waals surface area contributed by atoms with Gasteiger partial charge in [-0.15, -0.1) is 0 Å². The minimum absolute atomic E-state index is 0.105. The van der Waals surface area contributed by atoms with Crippen LogP contribution < -0.4 is 10.6 Å². The Morgan fingerprint density at radius 3 is 2.61 bits per heavy atom. The molecular formula is C21H25N3O4. The molecule has 0 atom stereocenters. The third-order valence-corrected chi connectivity index (χ3v) is 5.04. The fraction of sp³-hybridized carbons (Fsp3) is 0.429. The van der Waals surface area contributed by atoms with E-state index in [2.05, 4.69) is 15.6 Å². The Balaban J connectivity index is 1.63. The molecule has 7 nitrogen and oxygen atoms in total. The molecule has 3 rings (SSSR count). The molecular weight excluding hydrogens is 358 g/mol. The molecule has 3 amide bonds. The Morgan fingerprint density at radius 1 is 1.18 bits per heavy atom. The summed E-state index contributed by atoms with van der Waals surface area (Å²) >= 11 is 0. The van der Waals surface area contributed by atoms with E-state index in [4.69, 9.17) is 4.74 Å². The van der Waals surface area contributed by atoms with Gasteiger partial charge in [-0.25, -0.2) is 9.59 Å². The van der Waals surface area contributed by atoms with Gasteiger partial charge in [-0.1, -0.05) is 38.0 Å². The Bertz CT molecular complexity index is 904. The van der Waals surface area contributed by atoms with Crippen LogP contribution in [0.1, 0.15) is 54.2 Å². The van der Waals surface area contributed by atoms with Crippen molar-refractivity contribution >= 4 is 28.8 Å². The number of benzene rings is 1. The highest BCUT2D eigenvalue weighted by Crippen LogP contribution is 2.24. The van der Waals surface area contributed by atoms with Crippen LogP contribution in [0.3, 0.4) is 0 Å². The first kappa shape index (κ1) is 19.8. The second kappa shape index (κ2) is 8.82. The number of carbonyl (C=O) groups is 3. The number of nitrogens with zero attached hydrogens (tertiary/aromatic N) is 1. The van der Waals surface area contributed by atoms with Crippen molar-refractivity contribution in [2.75, 3.05) is 6.61 Å². The van der Waals surface area contributed by atoms with Gasteiger partial charge in [0, 0.05) is 11.4 Å². The topological polar surface area (TPSA) is 97.4 Å². The summed E-state index contributed by atoms with van der Waals surface area (Å²) in [5, 5.41) is 5.83. The molecule has 1 heterocycles. The van der Waals surface area contributed by atoms with E-state index in [9.17, 15) is 14.4 Å². The van der Waals surface area contributed by atoms with Crippen molar-refractivity contribution in [1.29, 1.82) is 0 Å². The number of pyridine rings is 1. The van der Waals surface area contributed by atoms with Gasteiger partial charge >= 0.3 is 12.0 Å². The van der Waals surface area contributed by atoms with Crippen LogP contribution in [-0.4, -0.2) is 35.5 Å². The van der Waals surface area contributed by atoms with E-state index in [0.717, 1.165) is 42.1 Å². The summed E-state index contributed by atoms with van der Waals surface area (Å²) in [6, 6.07) is 7.13. The summed E-state index contributed by atoms with van der Waals surface area (Å²) in [7, 11) is 0. The summed E-state index contributed by atoms with van der Waals surface area (Å²) in [6.45, 7) is 3.23. The molecule has 0 unspecified atom stereocenters. The molecule has 148 valence electrons. The SMILES string of the molecule is CCc1nc2ccccc2c(C)c1C(=O)OCC(=O)NC(=O)NC1CCCC1. The number of carbonyl (C=O) groups excluding carboxylic acids is 3. The highest BCUT2D eigenvalue weighted by Gasteiger charge is 2.21. The van der Waals surface area contributed by atoms with Crippen LogP contribution in [-0.2, 0) is 16.0 Å². The number of aryl methyl sites for hydroxylation is 2. The maximum atomic E-state index is 12.6. The van der Waals surface area contributed by atoms with Crippen LogP contribution in [0.2, 0.25) is 0 Å². The Hall–Kier alpha value is -2.96. The van der Waals surface area contributed by atoms with E-state index in [1.807, 2.05) is 38.1 Å². The van der Waals surface area contributed by atoms with Crippen molar-refractivity contribution in [2.45, 2.75) is 52.0 Å². The molecule has 0 saturated heterocycles. The van der Waals surface area contributed by atoms with Gasteiger partial charge in [0.25, 0.3) is 5.91 Å². The van der Waals surface area contributed by atoms with Crippen LogP contribution in [0, 0.1) is 6.92 Å². The largest absolute Gasteiger partial charge is 0.452 e. The molecule has 1 aliphatic rings. The lowest BCUT2D eigenvalue weighted by Gasteiger charge is -2.14. The number of hydrogen-bond donors (Lipinski definition) is 2. The van der Waals surface area contributed by atoms with Gasteiger partial charge in [0.2, 0.25) is 0 Å². The predicted octanol–water partition coefficient (Wildman–Crippen LogP) is 3.03. The van der Waals surface area contributed by atoms with E-state index >= 15 is 0 Å². The lowest BCUT2D eigenvalue weighted by Crippen LogP contribution is -2.45. The first-order valence-electron chi connectivity index (χ1n) is 9.65. The van der Waals surface area contributed by atoms with Gasteiger partial charge in [-0.2, -0.15) is 0 Å². The Morgan fingerprint density at radius 2 is 1.89 bits per heavy atom. The number of urea groups is 1. The molecule has 7 heteroatoms. The van der Waals surface area contributed by atoms with E-state index in [0.29, 0.717) is 17.7 Å². The zero-order valence-electron chi connectivity index (χ0n) is 16.2.